The summed E-state index contributed by atoms with van der Waals surface area (Å²) in [6.45, 7) is 0. The van der Waals surface area contributed by atoms with E-state index in [9.17, 15) is 13.2 Å². The third-order valence-electron chi connectivity index (χ3n) is 0.334. The first-order chi connectivity index (χ1) is 3.18. The van der Waals surface area contributed by atoms with Gasteiger partial charge in [0.05, 0.1) is 0 Å². The third-order valence-corrected chi connectivity index (χ3v) is 0.334. The van der Waals surface area contributed by atoms with Crippen LogP contribution >= 0.6 is 0 Å². The molecule has 0 fully saturated rings. The van der Waals surface area contributed by atoms with Gasteiger partial charge in [-0.15, -0.1) is 0 Å². The Balaban J connectivity index is 3.33. The zero-order chi connectivity index (χ0) is 5.86. The Hall–Kier alpha value is -0.540. The normalized spacial score (nSPS) is 14.3. The quantitative estimate of drug-likeness (QED) is 0.512. The van der Waals surface area contributed by atoms with E-state index in [1.807, 2.05) is 0 Å². The zero-order valence-electron chi connectivity index (χ0n) is 3.20. The molecule has 4 heteroatoms. The molecule has 1 unspecified atom stereocenters. The summed E-state index contributed by atoms with van der Waals surface area (Å²) in [5.41, 5.74) is 0. The van der Waals surface area contributed by atoms with E-state index in [-0.39, 0.29) is 0 Å². The van der Waals surface area contributed by atoms with Crippen LogP contribution in [0.15, 0.2) is 0 Å². The molecule has 0 spiro atoms. The first kappa shape index (κ1) is 6.46. The number of hydrogen-bond donors (Lipinski definition) is 0. The van der Waals surface area contributed by atoms with Gasteiger partial charge in [-0.3, -0.25) is 4.79 Å². The summed E-state index contributed by atoms with van der Waals surface area (Å²) in [7, 11) is 0. The standard InChI is InChI=1S/C3H2F3O/c4-2(1-7)3(5)6/h2-3H. The molecule has 0 heterocycles. The van der Waals surface area contributed by atoms with Crippen molar-refractivity contribution in [2.24, 2.45) is 0 Å². The molecule has 1 radical (unpaired) electrons. The molecule has 0 aliphatic heterocycles. The van der Waals surface area contributed by atoms with Crippen LogP contribution in [-0.4, -0.2) is 18.9 Å². The highest BCUT2D eigenvalue weighted by atomic mass is 19.3. The number of alkyl halides is 3. The van der Waals surface area contributed by atoms with Gasteiger partial charge in [-0.1, -0.05) is 0 Å². The van der Waals surface area contributed by atoms with Gasteiger partial charge in [0.15, 0.2) is 0 Å². The molecule has 0 aliphatic carbocycles. The lowest BCUT2D eigenvalue weighted by Crippen LogP contribution is -2.12. The Morgan fingerprint density at radius 2 is 1.71 bits per heavy atom. The molecule has 0 saturated carbocycles. The van der Waals surface area contributed by atoms with Gasteiger partial charge in [0.1, 0.15) is 0 Å². The molecule has 0 aromatic carbocycles. The number of rotatable bonds is 2. The molecule has 0 aromatic rings. The second-order valence-corrected chi connectivity index (χ2v) is 0.854. The fourth-order valence-corrected chi connectivity index (χ4v) is 0.0514. The van der Waals surface area contributed by atoms with Gasteiger partial charge in [-0.2, -0.15) is 0 Å². The van der Waals surface area contributed by atoms with E-state index >= 15 is 0 Å². The van der Waals surface area contributed by atoms with E-state index in [1.54, 1.807) is 0 Å². The summed E-state index contributed by atoms with van der Waals surface area (Å²) in [5.74, 6) is 0. The van der Waals surface area contributed by atoms with E-state index in [1.165, 1.54) is 0 Å². The fraction of sp³-hybridized carbons (Fsp3) is 0.667. The lowest BCUT2D eigenvalue weighted by atomic mass is 10.5. The Kier molecular flexibility index (Phi) is 2.40. The van der Waals surface area contributed by atoms with Crippen molar-refractivity contribution in [2.75, 3.05) is 0 Å². The van der Waals surface area contributed by atoms with Gasteiger partial charge in [-0.05, 0) is 0 Å². The van der Waals surface area contributed by atoms with Crippen molar-refractivity contribution in [2.45, 2.75) is 12.6 Å². The van der Waals surface area contributed by atoms with Crippen LogP contribution in [0.3, 0.4) is 0 Å². The Morgan fingerprint density at radius 1 is 1.29 bits per heavy atom. The van der Waals surface area contributed by atoms with Crippen LogP contribution < -0.4 is 0 Å². The SMILES string of the molecule is O=[C]C(F)C(F)F. The molecule has 1 atom stereocenters. The highest BCUT2D eigenvalue weighted by Crippen LogP contribution is 2.00. The van der Waals surface area contributed by atoms with Crippen molar-refractivity contribution in [1.29, 1.82) is 0 Å². The van der Waals surface area contributed by atoms with Crippen molar-refractivity contribution in [3.8, 4) is 0 Å². The summed E-state index contributed by atoms with van der Waals surface area (Å²) in [4.78, 5) is 8.97. The van der Waals surface area contributed by atoms with E-state index in [0.29, 0.717) is 6.29 Å². The van der Waals surface area contributed by atoms with Gasteiger partial charge in [0.2, 0.25) is 12.5 Å². The molecule has 0 saturated heterocycles. The average Bonchev–Trinajstić information content (AvgIpc) is 1.65. The summed E-state index contributed by atoms with van der Waals surface area (Å²) in [5, 5.41) is 0. The summed E-state index contributed by atoms with van der Waals surface area (Å²) in [6, 6.07) is 0. The molecule has 7 heavy (non-hydrogen) atoms. The number of halogens is 3. The second-order valence-electron chi connectivity index (χ2n) is 0.854. The van der Waals surface area contributed by atoms with Crippen LogP contribution in [0, 0.1) is 0 Å². The molecule has 0 aliphatic rings. The topological polar surface area (TPSA) is 17.1 Å². The molecule has 0 aromatic heterocycles. The smallest absolute Gasteiger partial charge is 0.276 e. The predicted octanol–water partition coefficient (Wildman–Crippen LogP) is 0.699. The first-order valence-electron chi connectivity index (χ1n) is 1.48. The van der Waals surface area contributed by atoms with Crippen LogP contribution in [0.5, 0.6) is 0 Å². The van der Waals surface area contributed by atoms with Gasteiger partial charge in [0.25, 0.3) is 6.43 Å². The monoisotopic (exact) mass is 111 g/mol. The summed E-state index contributed by atoms with van der Waals surface area (Å²) < 4.78 is 32.7. The van der Waals surface area contributed by atoms with Crippen LogP contribution in [0.2, 0.25) is 0 Å². The minimum absolute atomic E-state index is 0.498. The Labute approximate surface area is 38.1 Å². The van der Waals surface area contributed by atoms with Gasteiger partial charge in [0, 0.05) is 0 Å². The van der Waals surface area contributed by atoms with Gasteiger partial charge >= 0.3 is 0 Å². The average molecular weight is 111 g/mol. The van der Waals surface area contributed by atoms with Crippen LogP contribution in [0.25, 0.3) is 0 Å². The maximum absolute atomic E-state index is 11.1. The fourth-order valence-electron chi connectivity index (χ4n) is 0.0514. The van der Waals surface area contributed by atoms with Crippen molar-refractivity contribution in [3.05, 3.63) is 0 Å². The third kappa shape index (κ3) is 2.19. The molecule has 41 valence electrons. The molecule has 1 nitrogen and oxygen atoms in total. The maximum Gasteiger partial charge on any atom is 0.276 e. The van der Waals surface area contributed by atoms with E-state index in [2.05, 4.69) is 0 Å². The zero-order valence-corrected chi connectivity index (χ0v) is 3.20. The van der Waals surface area contributed by atoms with Crippen molar-refractivity contribution in [3.63, 3.8) is 0 Å². The molecular formula is C3H2F3O. The van der Waals surface area contributed by atoms with Gasteiger partial charge in [-0.25, -0.2) is 13.2 Å². The van der Waals surface area contributed by atoms with Crippen molar-refractivity contribution >= 4 is 6.29 Å². The molecule has 0 amide bonds. The van der Waals surface area contributed by atoms with E-state index in [0.717, 1.165) is 0 Å². The van der Waals surface area contributed by atoms with Crippen LogP contribution in [0.4, 0.5) is 13.2 Å². The predicted molar refractivity (Wildman–Crippen MR) is 16.6 cm³/mol. The van der Waals surface area contributed by atoms with Crippen LogP contribution in [-0.2, 0) is 4.79 Å². The minimum Gasteiger partial charge on any atom is -0.287 e. The first-order valence-corrected chi connectivity index (χ1v) is 1.48. The van der Waals surface area contributed by atoms with E-state index in [4.69, 9.17) is 4.79 Å². The highest BCUT2D eigenvalue weighted by molar-refractivity contribution is 5.57. The van der Waals surface area contributed by atoms with Crippen molar-refractivity contribution in [1.82, 2.24) is 0 Å². The van der Waals surface area contributed by atoms with E-state index < -0.39 is 12.6 Å². The number of carbonyl (C=O) groups excluding carboxylic acids is 1. The molecule has 0 bridgehead atoms. The maximum atomic E-state index is 11.1. The lowest BCUT2D eigenvalue weighted by Gasteiger charge is -1.91. The lowest BCUT2D eigenvalue weighted by molar-refractivity contribution is 0.0831. The highest BCUT2D eigenvalue weighted by Gasteiger charge is 2.17. The Morgan fingerprint density at radius 3 is 1.71 bits per heavy atom. The summed E-state index contributed by atoms with van der Waals surface area (Å²) in [6.07, 6.45) is -5.46. The van der Waals surface area contributed by atoms with Gasteiger partial charge < -0.3 is 0 Å². The molecule has 0 N–H and O–H groups in total. The summed E-state index contributed by atoms with van der Waals surface area (Å²) >= 11 is 0. The Bertz CT molecular complexity index is 63.2. The van der Waals surface area contributed by atoms with Crippen LogP contribution in [0.1, 0.15) is 0 Å². The molecular weight excluding hydrogens is 109 g/mol. The van der Waals surface area contributed by atoms with Crippen molar-refractivity contribution < 1.29 is 18.0 Å². The minimum atomic E-state index is -3.22. The molecule has 0 rings (SSSR count). The second kappa shape index (κ2) is 2.60. The number of hydrogen-bond acceptors (Lipinski definition) is 1. The largest absolute Gasteiger partial charge is 0.287 e.